The van der Waals surface area contributed by atoms with Crippen LogP contribution in [0.3, 0.4) is 0 Å². The standard InChI is InChI=1S/C17H35N3/c1-13(2)14-6-7-16(18-3)17(12-14)20-10-8-15(9-11-20)19(4)5/h13-18H,6-12H2,1-5H3. The van der Waals surface area contributed by atoms with Crippen LogP contribution in [0.4, 0.5) is 0 Å². The molecule has 3 nitrogen and oxygen atoms in total. The Morgan fingerprint density at radius 1 is 1.05 bits per heavy atom. The number of rotatable bonds is 4. The predicted molar refractivity (Wildman–Crippen MR) is 87.1 cm³/mol. The predicted octanol–water partition coefficient (Wildman–Crippen LogP) is 2.43. The Balaban J connectivity index is 1.94. The molecule has 1 heterocycles. The van der Waals surface area contributed by atoms with Gasteiger partial charge in [0.05, 0.1) is 0 Å². The molecule has 1 saturated heterocycles. The van der Waals surface area contributed by atoms with Crippen LogP contribution >= 0.6 is 0 Å². The van der Waals surface area contributed by atoms with E-state index in [1.165, 1.54) is 45.2 Å². The highest BCUT2D eigenvalue weighted by Gasteiger charge is 2.36. The van der Waals surface area contributed by atoms with Crippen LogP contribution in [-0.2, 0) is 0 Å². The minimum Gasteiger partial charge on any atom is -0.315 e. The second-order valence-corrected chi connectivity index (χ2v) is 7.51. The second-order valence-electron chi connectivity index (χ2n) is 7.51. The van der Waals surface area contributed by atoms with E-state index in [2.05, 4.69) is 50.1 Å². The van der Waals surface area contributed by atoms with Gasteiger partial charge >= 0.3 is 0 Å². The molecule has 0 spiro atoms. The first kappa shape index (κ1) is 16.3. The summed E-state index contributed by atoms with van der Waals surface area (Å²) in [4.78, 5) is 5.19. The van der Waals surface area contributed by atoms with E-state index in [-0.39, 0.29) is 0 Å². The van der Waals surface area contributed by atoms with Crippen molar-refractivity contribution in [3.05, 3.63) is 0 Å². The lowest BCUT2D eigenvalue weighted by atomic mass is 9.76. The Kier molecular flexibility index (Phi) is 5.88. The van der Waals surface area contributed by atoms with Gasteiger partial charge in [-0.15, -0.1) is 0 Å². The van der Waals surface area contributed by atoms with Gasteiger partial charge in [0, 0.05) is 18.1 Å². The number of nitrogens with one attached hydrogen (secondary N) is 1. The summed E-state index contributed by atoms with van der Waals surface area (Å²) in [6.07, 6.45) is 6.85. The van der Waals surface area contributed by atoms with Crippen LogP contribution in [0.25, 0.3) is 0 Å². The molecular formula is C17H35N3. The van der Waals surface area contributed by atoms with Crippen molar-refractivity contribution in [3.8, 4) is 0 Å². The summed E-state index contributed by atoms with van der Waals surface area (Å²) in [7, 11) is 6.61. The largest absolute Gasteiger partial charge is 0.315 e. The molecule has 3 atom stereocenters. The van der Waals surface area contributed by atoms with Crippen molar-refractivity contribution in [2.45, 2.75) is 64.1 Å². The van der Waals surface area contributed by atoms with Crippen LogP contribution in [0, 0.1) is 11.8 Å². The SMILES string of the molecule is CNC1CCC(C(C)C)CC1N1CCC(N(C)C)CC1. The lowest BCUT2D eigenvalue weighted by Gasteiger charge is -2.46. The van der Waals surface area contributed by atoms with E-state index in [9.17, 15) is 0 Å². The van der Waals surface area contributed by atoms with E-state index < -0.39 is 0 Å². The summed E-state index contributed by atoms with van der Waals surface area (Å²) in [5, 5.41) is 3.59. The van der Waals surface area contributed by atoms with Gasteiger partial charge in [0.25, 0.3) is 0 Å². The third kappa shape index (κ3) is 3.75. The van der Waals surface area contributed by atoms with Gasteiger partial charge in [0.1, 0.15) is 0 Å². The fourth-order valence-electron chi connectivity index (χ4n) is 4.26. The lowest BCUT2D eigenvalue weighted by molar-refractivity contribution is 0.0496. The molecular weight excluding hydrogens is 246 g/mol. The van der Waals surface area contributed by atoms with Crippen LogP contribution in [0.1, 0.15) is 46.0 Å². The van der Waals surface area contributed by atoms with Crippen molar-refractivity contribution >= 4 is 0 Å². The number of likely N-dealkylation sites (N-methyl/N-ethyl adjacent to an activating group) is 1. The molecule has 0 radical (unpaired) electrons. The lowest BCUT2D eigenvalue weighted by Crippen LogP contribution is -2.56. The number of hydrogen-bond donors (Lipinski definition) is 1. The molecule has 0 aromatic heterocycles. The molecule has 2 rings (SSSR count). The highest BCUT2D eigenvalue weighted by molar-refractivity contribution is 4.93. The van der Waals surface area contributed by atoms with Crippen LogP contribution in [0.5, 0.6) is 0 Å². The zero-order valence-electron chi connectivity index (χ0n) is 14.2. The van der Waals surface area contributed by atoms with Gasteiger partial charge in [-0.25, -0.2) is 0 Å². The molecule has 2 fully saturated rings. The smallest absolute Gasteiger partial charge is 0.0251 e. The van der Waals surface area contributed by atoms with E-state index in [1.54, 1.807) is 0 Å². The van der Waals surface area contributed by atoms with Gasteiger partial charge in [-0.3, -0.25) is 4.90 Å². The normalized spacial score (nSPS) is 34.0. The average Bonchev–Trinajstić information content (AvgIpc) is 2.46. The number of nitrogens with zero attached hydrogens (tertiary/aromatic N) is 2. The van der Waals surface area contributed by atoms with Crippen molar-refractivity contribution in [2.75, 3.05) is 34.2 Å². The third-order valence-electron chi connectivity index (χ3n) is 5.87. The van der Waals surface area contributed by atoms with Crippen LogP contribution in [-0.4, -0.2) is 62.2 Å². The molecule has 3 heteroatoms. The minimum atomic E-state index is 0.709. The maximum atomic E-state index is 3.59. The first-order valence-electron chi connectivity index (χ1n) is 8.60. The molecule has 0 aromatic rings. The van der Waals surface area contributed by atoms with Gasteiger partial charge in [0.15, 0.2) is 0 Å². The molecule has 118 valence electrons. The first-order chi connectivity index (χ1) is 9.52. The van der Waals surface area contributed by atoms with Gasteiger partial charge in [0.2, 0.25) is 0 Å². The molecule has 0 bridgehead atoms. The summed E-state index contributed by atoms with van der Waals surface area (Å²) in [5.74, 6) is 1.77. The highest BCUT2D eigenvalue weighted by atomic mass is 15.2. The number of likely N-dealkylation sites (tertiary alicyclic amines) is 1. The third-order valence-corrected chi connectivity index (χ3v) is 5.87. The zero-order chi connectivity index (χ0) is 14.7. The topological polar surface area (TPSA) is 18.5 Å². The quantitative estimate of drug-likeness (QED) is 0.854. The van der Waals surface area contributed by atoms with Gasteiger partial charge < -0.3 is 10.2 Å². The summed E-state index contributed by atoms with van der Waals surface area (Å²) in [6.45, 7) is 7.38. The van der Waals surface area contributed by atoms with E-state index in [0.29, 0.717) is 6.04 Å². The van der Waals surface area contributed by atoms with Gasteiger partial charge in [-0.05, 0) is 78.2 Å². The van der Waals surface area contributed by atoms with E-state index in [4.69, 9.17) is 0 Å². The molecule has 1 aliphatic carbocycles. The summed E-state index contributed by atoms with van der Waals surface area (Å²) in [5.41, 5.74) is 0. The van der Waals surface area contributed by atoms with Crippen molar-refractivity contribution in [1.29, 1.82) is 0 Å². The Hall–Kier alpha value is -0.120. The van der Waals surface area contributed by atoms with Gasteiger partial charge in [-0.2, -0.15) is 0 Å². The fraction of sp³-hybridized carbons (Fsp3) is 1.00. The Bertz CT molecular complexity index is 282. The van der Waals surface area contributed by atoms with E-state index >= 15 is 0 Å². The Labute approximate surface area is 126 Å². The summed E-state index contributed by atoms with van der Waals surface area (Å²) >= 11 is 0. The Morgan fingerprint density at radius 3 is 2.20 bits per heavy atom. The molecule has 3 unspecified atom stereocenters. The maximum absolute atomic E-state index is 3.59. The average molecular weight is 281 g/mol. The fourth-order valence-corrected chi connectivity index (χ4v) is 4.26. The molecule has 2 aliphatic rings. The molecule has 1 aliphatic heterocycles. The zero-order valence-corrected chi connectivity index (χ0v) is 14.2. The van der Waals surface area contributed by atoms with Crippen molar-refractivity contribution in [1.82, 2.24) is 15.1 Å². The monoisotopic (exact) mass is 281 g/mol. The van der Waals surface area contributed by atoms with E-state index in [0.717, 1.165) is 23.9 Å². The van der Waals surface area contributed by atoms with Crippen LogP contribution in [0.15, 0.2) is 0 Å². The second kappa shape index (κ2) is 7.24. The highest BCUT2D eigenvalue weighted by Crippen LogP contribution is 2.34. The number of piperidine rings is 1. The first-order valence-corrected chi connectivity index (χ1v) is 8.60. The van der Waals surface area contributed by atoms with Gasteiger partial charge in [-0.1, -0.05) is 13.8 Å². The van der Waals surface area contributed by atoms with Crippen molar-refractivity contribution in [3.63, 3.8) is 0 Å². The van der Waals surface area contributed by atoms with Crippen LogP contribution < -0.4 is 5.32 Å². The molecule has 20 heavy (non-hydrogen) atoms. The maximum Gasteiger partial charge on any atom is 0.0251 e. The number of hydrogen-bond acceptors (Lipinski definition) is 3. The minimum absolute atomic E-state index is 0.709. The van der Waals surface area contributed by atoms with Crippen LogP contribution in [0.2, 0.25) is 0 Å². The van der Waals surface area contributed by atoms with Crippen molar-refractivity contribution in [2.24, 2.45) is 11.8 Å². The molecule has 0 aromatic carbocycles. The Morgan fingerprint density at radius 2 is 1.70 bits per heavy atom. The summed E-state index contributed by atoms with van der Waals surface area (Å²) in [6, 6.07) is 2.27. The van der Waals surface area contributed by atoms with Crippen molar-refractivity contribution < 1.29 is 0 Å². The molecule has 1 saturated carbocycles. The molecule has 0 amide bonds. The van der Waals surface area contributed by atoms with E-state index in [1.807, 2.05) is 0 Å². The molecule has 1 N–H and O–H groups in total. The summed E-state index contributed by atoms with van der Waals surface area (Å²) < 4.78 is 0.